The summed E-state index contributed by atoms with van der Waals surface area (Å²) in [5.74, 6) is 0.0531. The summed E-state index contributed by atoms with van der Waals surface area (Å²) in [5.41, 5.74) is 1.04. The molecule has 0 spiro atoms. The molecule has 0 bridgehead atoms. The number of hydrogen-bond donors (Lipinski definition) is 0. The zero-order valence-electron chi connectivity index (χ0n) is 9.23. The number of aromatic nitrogens is 1. The van der Waals surface area contributed by atoms with E-state index < -0.39 is 5.82 Å². The molecule has 0 fully saturated rings. The maximum atomic E-state index is 12.9. The van der Waals surface area contributed by atoms with Crippen molar-refractivity contribution in [2.24, 2.45) is 0 Å². The van der Waals surface area contributed by atoms with Crippen LogP contribution in [0.25, 0.3) is 0 Å². The average molecular weight is 307 g/mol. The van der Waals surface area contributed by atoms with Crippen LogP contribution in [0.3, 0.4) is 0 Å². The Morgan fingerprint density at radius 2 is 2.17 bits per heavy atom. The first-order valence-corrected chi connectivity index (χ1v) is 5.90. The zero-order valence-corrected chi connectivity index (χ0v) is 10.8. The third kappa shape index (κ3) is 3.05. The van der Waals surface area contributed by atoms with Gasteiger partial charge >= 0.3 is 0 Å². The number of rotatable bonds is 3. The van der Waals surface area contributed by atoms with Crippen LogP contribution in [0.1, 0.15) is 11.1 Å². The minimum absolute atomic E-state index is 0.168. The van der Waals surface area contributed by atoms with Crippen molar-refractivity contribution in [3.8, 4) is 11.8 Å². The standard InChI is InChI=1S/C13H8BrFN2O/c14-11-1-2-13(10(4-11)5-16)18-8-9-3-12(15)7-17-6-9/h1-4,6-7H,8H2. The molecule has 2 rings (SSSR count). The van der Waals surface area contributed by atoms with E-state index in [2.05, 4.69) is 20.9 Å². The van der Waals surface area contributed by atoms with E-state index in [-0.39, 0.29) is 6.61 Å². The van der Waals surface area contributed by atoms with Crippen LogP contribution in [0.5, 0.6) is 5.75 Å². The highest BCUT2D eigenvalue weighted by molar-refractivity contribution is 9.10. The largest absolute Gasteiger partial charge is 0.487 e. The van der Waals surface area contributed by atoms with Crippen molar-refractivity contribution in [2.45, 2.75) is 6.61 Å². The van der Waals surface area contributed by atoms with Crippen LogP contribution in [0, 0.1) is 17.1 Å². The Balaban J connectivity index is 2.14. The third-order valence-electron chi connectivity index (χ3n) is 2.22. The molecule has 18 heavy (non-hydrogen) atoms. The molecule has 5 heteroatoms. The Bertz CT molecular complexity index is 610. The quantitative estimate of drug-likeness (QED) is 0.872. The molecule has 1 heterocycles. The van der Waals surface area contributed by atoms with Crippen molar-refractivity contribution in [3.63, 3.8) is 0 Å². The lowest BCUT2D eigenvalue weighted by Crippen LogP contribution is -1.98. The van der Waals surface area contributed by atoms with Crippen LogP contribution < -0.4 is 4.74 Å². The van der Waals surface area contributed by atoms with Gasteiger partial charge in [0.1, 0.15) is 24.2 Å². The Morgan fingerprint density at radius 3 is 2.89 bits per heavy atom. The second kappa shape index (κ2) is 5.61. The SMILES string of the molecule is N#Cc1cc(Br)ccc1OCc1cncc(F)c1. The lowest BCUT2D eigenvalue weighted by atomic mass is 10.2. The molecular formula is C13H8BrFN2O. The van der Waals surface area contributed by atoms with E-state index in [0.29, 0.717) is 16.9 Å². The first kappa shape index (κ1) is 12.5. The second-order valence-electron chi connectivity index (χ2n) is 3.55. The molecule has 0 aliphatic heterocycles. The van der Waals surface area contributed by atoms with Crippen molar-refractivity contribution in [3.05, 3.63) is 58.1 Å². The van der Waals surface area contributed by atoms with Gasteiger partial charge in [-0.3, -0.25) is 4.98 Å². The summed E-state index contributed by atoms with van der Waals surface area (Å²) in [4.78, 5) is 3.73. The average Bonchev–Trinajstić information content (AvgIpc) is 2.37. The fourth-order valence-corrected chi connectivity index (χ4v) is 1.77. The van der Waals surface area contributed by atoms with Gasteiger partial charge in [-0.2, -0.15) is 5.26 Å². The molecule has 90 valence electrons. The summed E-state index contributed by atoms with van der Waals surface area (Å²) in [5, 5.41) is 8.96. The summed E-state index contributed by atoms with van der Waals surface area (Å²) in [6, 6.07) is 8.52. The van der Waals surface area contributed by atoms with Crippen molar-refractivity contribution in [1.29, 1.82) is 5.26 Å². The highest BCUT2D eigenvalue weighted by Crippen LogP contribution is 2.23. The van der Waals surface area contributed by atoms with E-state index in [1.807, 2.05) is 6.07 Å². The molecule has 0 amide bonds. The molecule has 0 atom stereocenters. The monoisotopic (exact) mass is 306 g/mol. The molecule has 0 saturated carbocycles. The van der Waals surface area contributed by atoms with Gasteiger partial charge < -0.3 is 4.74 Å². The van der Waals surface area contributed by atoms with E-state index >= 15 is 0 Å². The molecule has 0 radical (unpaired) electrons. The van der Waals surface area contributed by atoms with Crippen LogP contribution in [0.4, 0.5) is 4.39 Å². The molecule has 2 aromatic rings. The van der Waals surface area contributed by atoms with Crippen molar-refractivity contribution >= 4 is 15.9 Å². The predicted octanol–water partition coefficient (Wildman–Crippen LogP) is 3.43. The normalized spacial score (nSPS) is 9.83. The number of halogens is 2. The van der Waals surface area contributed by atoms with E-state index in [1.165, 1.54) is 12.3 Å². The van der Waals surface area contributed by atoms with E-state index in [1.54, 1.807) is 18.2 Å². The molecule has 0 unspecified atom stereocenters. The van der Waals surface area contributed by atoms with E-state index in [9.17, 15) is 4.39 Å². The van der Waals surface area contributed by atoms with Crippen molar-refractivity contribution in [2.75, 3.05) is 0 Å². The molecule has 1 aromatic heterocycles. The molecule has 0 aliphatic carbocycles. The van der Waals surface area contributed by atoms with Gasteiger partial charge in [0.05, 0.1) is 11.8 Å². The molecule has 0 N–H and O–H groups in total. The molecule has 0 aliphatic rings. The van der Waals surface area contributed by atoms with Crippen LogP contribution >= 0.6 is 15.9 Å². The van der Waals surface area contributed by atoms with Crippen LogP contribution in [0.15, 0.2) is 41.1 Å². The highest BCUT2D eigenvalue weighted by Gasteiger charge is 2.05. The molecule has 3 nitrogen and oxygen atoms in total. The minimum Gasteiger partial charge on any atom is -0.487 e. The Hall–Kier alpha value is -1.93. The van der Waals surface area contributed by atoms with Crippen molar-refractivity contribution < 1.29 is 9.13 Å². The van der Waals surface area contributed by atoms with E-state index in [4.69, 9.17) is 10.00 Å². The van der Waals surface area contributed by atoms with Crippen LogP contribution in [-0.2, 0) is 6.61 Å². The summed E-state index contributed by atoms with van der Waals surface area (Å²) in [7, 11) is 0. The molecule has 1 aromatic carbocycles. The van der Waals surface area contributed by atoms with Crippen molar-refractivity contribution in [1.82, 2.24) is 4.98 Å². The number of pyridine rings is 1. The first-order valence-electron chi connectivity index (χ1n) is 5.11. The Morgan fingerprint density at radius 1 is 1.33 bits per heavy atom. The van der Waals surface area contributed by atoms with E-state index in [0.717, 1.165) is 10.7 Å². The van der Waals surface area contributed by atoms with Gasteiger partial charge in [-0.1, -0.05) is 15.9 Å². The summed E-state index contributed by atoms with van der Waals surface area (Å²) < 4.78 is 19.2. The zero-order chi connectivity index (χ0) is 13.0. The third-order valence-corrected chi connectivity index (χ3v) is 2.71. The number of hydrogen-bond acceptors (Lipinski definition) is 3. The Kier molecular flexibility index (Phi) is 3.90. The van der Waals surface area contributed by atoms with Gasteiger partial charge in [0.2, 0.25) is 0 Å². The minimum atomic E-state index is -0.410. The topological polar surface area (TPSA) is 45.9 Å². The molecule has 0 saturated heterocycles. The fraction of sp³-hybridized carbons (Fsp3) is 0.0769. The van der Waals surface area contributed by atoms with Gasteiger partial charge in [-0.25, -0.2) is 4.39 Å². The first-order chi connectivity index (χ1) is 8.69. The predicted molar refractivity (Wildman–Crippen MR) is 67.4 cm³/mol. The Labute approximate surface area is 112 Å². The van der Waals surface area contributed by atoms with Gasteiger partial charge in [-0.15, -0.1) is 0 Å². The van der Waals surface area contributed by atoms with Crippen LogP contribution in [-0.4, -0.2) is 4.98 Å². The fourth-order valence-electron chi connectivity index (χ4n) is 1.41. The van der Waals surface area contributed by atoms with Gasteiger partial charge in [0.15, 0.2) is 0 Å². The maximum absolute atomic E-state index is 12.9. The highest BCUT2D eigenvalue weighted by atomic mass is 79.9. The number of nitrogens with zero attached hydrogens (tertiary/aromatic N) is 2. The van der Waals surface area contributed by atoms with Gasteiger partial charge in [0, 0.05) is 16.2 Å². The number of nitriles is 1. The molecular weight excluding hydrogens is 299 g/mol. The second-order valence-corrected chi connectivity index (χ2v) is 4.47. The lowest BCUT2D eigenvalue weighted by Gasteiger charge is -2.07. The summed E-state index contributed by atoms with van der Waals surface area (Å²) >= 11 is 3.28. The maximum Gasteiger partial charge on any atom is 0.141 e. The van der Waals surface area contributed by atoms with Gasteiger partial charge in [0.25, 0.3) is 0 Å². The lowest BCUT2D eigenvalue weighted by molar-refractivity contribution is 0.304. The summed E-state index contributed by atoms with van der Waals surface area (Å²) in [6.07, 6.45) is 2.65. The number of benzene rings is 1. The van der Waals surface area contributed by atoms with Gasteiger partial charge in [-0.05, 0) is 24.3 Å². The summed E-state index contributed by atoms with van der Waals surface area (Å²) in [6.45, 7) is 0.168. The smallest absolute Gasteiger partial charge is 0.141 e. The van der Waals surface area contributed by atoms with Crippen LogP contribution in [0.2, 0.25) is 0 Å². The number of ether oxygens (including phenoxy) is 1.